The summed E-state index contributed by atoms with van der Waals surface area (Å²) in [4.78, 5) is 30.1. The Labute approximate surface area is 141 Å². The van der Waals surface area contributed by atoms with E-state index >= 15 is 0 Å². The molecule has 0 aromatic carbocycles. The van der Waals surface area contributed by atoms with Crippen LogP contribution < -0.4 is 5.32 Å². The zero-order chi connectivity index (χ0) is 16.6. The van der Waals surface area contributed by atoms with E-state index < -0.39 is 0 Å². The minimum absolute atomic E-state index is 0.0916. The molecular formula is C17H25N3O2S. The van der Waals surface area contributed by atoms with Crippen LogP contribution in [-0.4, -0.2) is 54.8 Å². The minimum Gasteiger partial charge on any atom is -0.336 e. The molecule has 0 saturated carbocycles. The highest BCUT2D eigenvalue weighted by Gasteiger charge is 2.31. The largest absolute Gasteiger partial charge is 0.336 e. The Morgan fingerprint density at radius 1 is 1.22 bits per heavy atom. The Morgan fingerprint density at radius 3 is 2.57 bits per heavy atom. The smallest absolute Gasteiger partial charge is 0.257 e. The number of anilines is 1. The van der Waals surface area contributed by atoms with Crippen LogP contribution in [0.4, 0.5) is 5.00 Å². The van der Waals surface area contributed by atoms with Gasteiger partial charge in [-0.05, 0) is 37.8 Å². The number of amides is 2. The zero-order valence-electron chi connectivity index (χ0n) is 14.1. The van der Waals surface area contributed by atoms with Crippen LogP contribution >= 0.6 is 11.3 Å². The summed E-state index contributed by atoms with van der Waals surface area (Å²) in [6.45, 7) is 7.09. The van der Waals surface area contributed by atoms with Gasteiger partial charge in [-0.25, -0.2) is 0 Å². The average molecular weight is 335 g/mol. The summed E-state index contributed by atoms with van der Waals surface area (Å²) in [5, 5.41) is 3.65. The molecule has 0 unspecified atom stereocenters. The quantitative estimate of drug-likeness (QED) is 0.902. The Balaban J connectivity index is 1.92. The van der Waals surface area contributed by atoms with Crippen molar-refractivity contribution in [3.05, 3.63) is 16.0 Å². The number of likely N-dealkylation sites (N-methyl/N-ethyl adjacent to an activating group) is 1. The number of thiophene rings is 1. The summed E-state index contributed by atoms with van der Waals surface area (Å²) >= 11 is 1.60. The highest BCUT2D eigenvalue weighted by atomic mass is 32.1. The number of hydrogen-bond donors (Lipinski definition) is 1. The third kappa shape index (κ3) is 3.43. The molecule has 2 aliphatic rings. The van der Waals surface area contributed by atoms with Crippen LogP contribution in [0.5, 0.6) is 0 Å². The molecule has 0 spiro atoms. The van der Waals surface area contributed by atoms with Crippen molar-refractivity contribution in [2.24, 2.45) is 5.92 Å². The highest BCUT2D eigenvalue weighted by molar-refractivity contribution is 7.17. The van der Waals surface area contributed by atoms with Gasteiger partial charge in [0.05, 0.1) is 5.56 Å². The van der Waals surface area contributed by atoms with Crippen molar-refractivity contribution in [2.45, 2.75) is 33.1 Å². The second-order valence-corrected chi connectivity index (χ2v) is 7.94. The number of rotatable bonds is 2. The van der Waals surface area contributed by atoms with Crippen LogP contribution in [0.3, 0.4) is 0 Å². The summed E-state index contributed by atoms with van der Waals surface area (Å²) in [7, 11) is 2.08. The molecule has 2 heterocycles. The molecule has 0 bridgehead atoms. The molecule has 126 valence electrons. The first kappa shape index (κ1) is 16.5. The van der Waals surface area contributed by atoms with E-state index in [-0.39, 0.29) is 11.8 Å². The second-order valence-electron chi connectivity index (χ2n) is 6.83. The summed E-state index contributed by atoms with van der Waals surface area (Å²) in [5.74, 6) is 0.635. The van der Waals surface area contributed by atoms with Crippen molar-refractivity contribution in [3.8, 4) is 0 Å². The Kier molecular flexibility index (Phi) is 4.73. The maximum absolute atomic E-state index is 13.1. The van der Waals surface area contributed by atoms with E-state index in [1.807, 2.05) is 4.90 Å². The minimum atomic E-state index is -0.107. The number of nitrogens with zero attached hydrogens (tertiary/aromatic N) is 2. The van der Waals surface area contributed by atoms with Gasteiger partial charge >= 0.3 is 0 Å². The predicted octanol–water partition coefficient (Wildman–Crippen LogP) is 2.22. The van der Waals surface area contributed by atoms with Gasteiger partial charge in [0.1, 0.15) is 5.00 Å². The molecule has 1 aliphatic carbocycles. The topological polar surface area (TPSA) is 52.7 Å². The number of nitrogens with one attached hydrogen (secondary N) is 1. The molecule has 23 heavy (non-hydrogen) atoms. The van der Waals surface area contributed by atoms with Crippen molar-refractivity contribution in [1.29, 1.82) is 0 Å². The van der Waals surface area contributed by atoms with E-state index in [9.17, 15) is 9.59 Å². The number of carbonyl (C=O) groups is 2. The number of piperazine rings is 1. The van der Waals surface area contributed by atoms with Crippen molar-refractivity contribution >= 4 is 28.2 Å². The molecule has 1 aromatic rings. The van der Waals surface area contributed by atoms with E-state index in [1.54, 1.807) is 11.3 Å². The average Bonchev–Trinajstić information content (AvgIpc) is 2.83. The molecular weight excluding hydrogens is 310 g/mol. The van der Waals surface area contributed by atoms with E-state index in [0.29, 0.717) is 5.92 Å². The Bertz CT molecular complexity index is 618. The van der Waals surface area contributed by atoms with Crippen LogP contribution in [-0.2, 0) is 17.6 Å². The standard InChI is InChI=1S/C17H25N3O2S/c1-11-4-5-13-14(10-11)23-16(18-12(2)21)15(13)17(22)20-8-6-19(3)7-9-20/h11H,4-10H2,1-3H3,(H,18,21)/t11-/m1/s1. The maximum Gasteiger partial charge on any atom is 0.257 e. The van der Waals surface area contributed by atoms with Crippen molar-refractivity contribution in [1.82, 2.24) is 9.80 Å². The number of fused-ring (bicyclic) bond motifs is 1. The third-order valence-electron chi connectivity index (χ3n) is 4.81. The first-order valence-corrected chi connectivity index (χ1v) is 9.17. The van der Waals surface area contributed by atoms with Crippen LogP contribution in [0.25, 0.3) is 0 Å². The summed E-state index contributed by atoms with van der Waals surface area (Å²) in [6.07, 6.45) is 3.08. The van der Waals surface area contributed by atoms with E-state index in [2.05, 4.69) is 24.2 Å². The van der Waals surface area contributed by atoms with Crippen LogP contribution in [0.15, 0.2) is 0 Å². The molecule has 1 aliphatic heterocycles. The molecule has 1 aromatic heterocycles. The summed E-state index contributed by atoms with van der Waals surface area (Å²) in [5.41, 5.74) is 1.94. The molecule has 1 N–H and O–H groups in total. The fourth-order valence-corrected chi connectivity index (χ4v) is 4.84. The van der Waals surface area contributed by atoms with E-state index in [4.69, 9.17) is 0 Å². The monoisotopic (exact) mass is 335 g/mol. The molecule has 3 rings (SSSR count). The third-order valence-corrected chi connectivity index (χ3v) is 5.98. The van der Waals surface area contributed by atoms with Crippen LogP contribution in [0.1, 0.15) is 41.1 Å². The normalized spacial score (nSPS) is 21.9. The van der Waals surface area contributed by atoms with Crippen LogP contribution in [0, 0.1) is 5.92 Å². The van der Waals surface area contributed by atoms with Gasteiger partial charge in [-0.15, -0.1) is 11.3 Å². The van der Waals surface area contributed by atoms with Gasteiger partial charge in [-0.1, -0.05) is 6.92 Å². The van der Waals surface area contributed by atoms with Crippen molar-refractivity contribution in [2.75, 3.05) is 38.5 Å². The first-order chi connectivity index (χ1) is 11.0. The fourth-order valence-electron chi connectivity index (χ4n) is 3.39. The Morgan fingerprint density at radius 2 is 1.91 bits per heavy atom. The first-order valence-electron chi connectivity index (χ1n) is 8.35. The molecule has 1 atom stereocenters. The number of hydrogen-bond acceptors (Lipinski definition) is 4. The second kappa shape index (κ2) is 6.61. The van der Waals surface area contributed by atoms with Crippen molar-refractivity contribution in [3.63, 3.8) is 0 Å². The SMILES string of the molecule is CC(=O)Nc1sc2c(c1C(=O)N1CCN(C)CC1)CC[C@@H](C)C2. The zero-order valence-corrected chi connectivity index (χ0v) is 15.0. The van der Waals surface area contributed by atoms with Gasteiger partial charge in [-0.3, -0.25) is 9.59 Å². The molecule has 1 saturated heterocycles. The fraction of sp³-hybridized carbons (Fsp3) is 0.647. The molecule has 1 fully saturated rings. The molecule has 0 radical (unpaired) electrons. The van der Waals surface area contributed by atoms with Gasteiger partial charge < -0.3 is 15.1 Å². The molecule has 2 amide bonds. The van der Waals surface area contributed by atoms with Gasteiger partial charge in [0.15, 0.2) is 0 Å². The highest BCUT2D eigenvalue weighted by Crippen LogP contribution is 2.40. The molecule has 5 nitrogen and oxygen atoms in total. The molecule has 6 heteroatoms. The maximum atomic E-state index is 13.1. The summed E-state index contributed by atoms with van der Waals surface area (Å²) < 4.78 is 0. The Hall–Kier alpha value is -1.40. The van der Waals surface area contributed by atoms with Crippen molar-refractivity contribution < 1.29 is 9.59 Å². The van der Waals surface area contributed by atoms with Crippen LogP contribution in [0.2, 0.25) is 0 Å². The lowest BCUT2D eigenvalue weighted by Gasteiger charge is -2.33. The van der Waals surface area contributed by atoms with Gasteiger partial charge in [0.25, 0.3) is 5.91 Å². The van der Waals surface area contributed by atoms with Gasteiger partial charge in [0, 0.05) is 38.0 Å². The van der Waals surface area contributed by atoms with E-state index in [0.717, 1.165) is 56.0 Å². The predicted molar refractivity (Wildman–Crippen MR) is 93.2 cm³/mol. The van der Waals surface area contributed by atoms with Gasteiger partial charge in [-0.2, -0.15) is 0 Å². The van der Waals surface area contributed by atoms with E-state index in [1.165, 1.54) is 17.4 Å². The van der Waals surface area contributed by atoms with Gasteiger partial charge in [0.2, 0.25) is 5.91 Å². The number of carbonyl (C=O) groups excluding carboxylic acids is 2. The lowest BCUT2D eigenvalue weighted by molar-refractivity contribution is -0.114. The summed E-state index contributed by atoms with van der Waals surface area (Å²) in [6, 6.07) is 0. The lowest BCUT2D eigenvalue weighted by atomic mass is 9.88. The lowest BCUT2D eigenvalue weighted by Crippen LogP contribution is -2.47.